The van der Waals surface area contributed by atoms with Crippen LogP contribution in [-0.2, 0) is 5.41 Å². The lowest BCUT2D eigenvalue weighted by Crippen LogP contribution is -2.44. The molecule has 0 unspecified atom stereocenters. The number of hydrogen-bond acceptors (Lipinski definition) is 2. The van der Waals surface area contributed by atoms with Gasteiger partial charge in [0, 0.05) is 0 Å². The Hall–Kier alpha value is -1.87. The van der Waals surface area contributed by atoms with Crippen LogP contribution >= 0.6 is 0 Å². The third kappa shape index (κ3) is 4.70. The van der Waals surface area contributed by atoms with Crippen LogP contribution in [0.3, 0.4) is 0 Å². The second-order valence-electron chi connectivity index (χ2n) is 9.55. The zero-order chi connectivity index (χ0) is 20.5. The smallest absolute Gasteiger partial charge is 0.250 e. The van der Waals surface area contributed by atoms with Crippen molar-refractivity contribution in [3.8, 4) is 16.9 Å². The molecule has 146 valence electrons. The van der Waals surface area contributed by atoms with E-state index in [9.17, 15) is 4.79 Å². The van der Waals surface area contributed by atoms with Gasteiger partial charge in [-0.25, -0.2) is 0 Å². The van der Waals surface area contributed by atoms with Gasteiger partial charge in [0.25, 0.3) is 8.32 Å². The molecule has 3 heteroatoms. The third-order valence-corrected chi connectivity index (χ3v) is 10.5. The SMILES string of the molecule is CCC(C)(C)c1cccc(-c2ccc(O[Si](C)(C)C(C)(C)C)c(C=O)c2)c1. The van der Waals surface area contributed by atoms with E-state index in [4.69, 9.17) is 4.43 Å². The molecule has 0 fully saturated rings. The van der Waals surface area contributed by atoms with Crippen LogP contribution in [0, 0.1) is 0 Å². The molecule has 2 nitrogen and oxygen atoms in total. The van der Waals surface area contributed by atoms with Crippen LogP contribution in [-0.4, -0.2) is 14.6 Å². The van der Waals surface area contributed by atoms with Crippen molar-refractivity contribution in [2.24, 2.45) is 0 Å². The molecule has 2 aromatic carbocycles. The standard InChI is InChI=1S/C24H34O2Si/c1-9-24(5,6)21-12-10-11-18(16-21)19-13-14-22(20(15-19)17-25)26-27(7,8)23(2,3)4/h10-17H,9H2,1-8H3. The van der Waals surface area contributed by atoms with Crippen LogP contribution in [0.25, 0.3) is 11.1 Å². The van der Waals surface area contributed by atoms with Gasteiger partial charge >= 0.3 is 0 Å². The lowest BCUT2D eigenvalue weighted by molar-refractivity contribution is 0.112. The lowest BCUT2D eigenvalue weighted by Gasteiger charge is -2.36. The van der Waals surface area contributed by atoms with E-state index in [1.807, 2.05) is 12.1 Å². The van der Waals surface area contributed by atoms with Gasteiger partial charge in [0.15, 0.2) is 6.29 Å². The largest absolute Gasteiger partial charge is 0.543 e. The zero-order valence-corrected chi connectivity index (χ0v) is 19.1. The molecular weight excluding hydrogens is 348 g/mol. The highest BCUT2D eigenvalue weighted by atomic mass is 28.4. The first-order valence-electron chi connectivity index (χ1n) is 9.80. The van der Waals surface area contributed by atoms with E-state index in [-0.39, 0.29) is 10.5 Å². The maximum absolute atomic E-state index is 11.8. The Morgan fingerprint density at radius 2 is 1.59 bits per heavy atom. The lowest BCUT2D eigenvalue weighted by atomic mass is 9.81. The van der Waals surface area contributed by atoms with Crippen LogP contribution in [0.1, 0.15) is 63.9 Å². The van der Waals surface area contributed by atoms with E-state index in [2.05, 4.69) is 85.0 Å². The van der Waals surface area contributed by atoms with Gasteiger partial charge in [0.2, 0.25) is 0 Å². The molecule has 0 spiro atoms. The van der Waals surface area contributed by atoms with Crippen molar-refractivity contribution in [2.45, 2.75) is 71.5 Å². The number of rotatable bonds is 6. The molecule has 27 heavy (non-hydrogen) atoms. The molecule has 0 saturated carbocycles. The fraction of sp³-hybridized carbons (Fsp3) is 0.458. The van der Waals surface area contributed by atoms with Crippen molar-refractivity contribution in [3.05, 3.63) is 53.6 Å². The van der Waals surface area contributed by atoms with Gasteiger partial charge in [0.05, 0.1) is 5.56 Å². The van der Waals surface area contributed by atoms with Crippen LogP contribution in [0.15, 0.2) is 42.5 Å². The maximum Gasteiger partial charge on any atom is 0.250 e. The summed E-state index contributed by atoms with van der Waals surface area (Å²) in [7, 11) is -1.99. The Kier molecular flexibility index (Phi) is 6.05. The van der Waals surface area contributed by atoms with Gasteiger partial charge in [-0.2, -0.15) is 0 Å². The van der Waals surface area contributed by atoms with Gasteiger partial charge in [0.1, 0.15) is 5.75 Å². The average molecular weight is 383 g/mol. The number of carbonyl (C=O) groups is 1. The summed E-state index contributed by atoms with van der Waals surface area (Å²) in [6.45, 7) is 17.7. The summed E-state index contributed by atoms with van der Waals surface area (Å²) >= 11 is 0. The van der Waals surface area contributed by atoms with Gasteiger partial charge in [-0.15, -0.1) is 0 Å². The molecule has 0 aliphatic carbocycles. The summed E-state index contributed by atoms with van der Waals surface area (Å²) in [5, 5.41) is 0.0892. The maximum atomic E-state index is 11.8. The van der Waals surface area contributed by atoms with E-state index in [0.717, 1.165) is 23.8 Å². The minimum Gasteiger partial charge on any atom is -0.543 e. The Balaban J connectivity index is 2.43. The van der Waals surface area contributed by atoms with Crippen molar-refractivity contribution in [3.63, 3.8) is 0 Å². The molecule has 0 amide bonds. The van der Waals surface area contributed by atoms with Crippen LogP contribution in [0.5, 0.6) is 5.75 Å². The second kappa shape index (κ2) is 7.63. The summed E-state index contributed by atoms with van der Waals surface area (Å²) in [6, 6.07) is 14.6. The molecule has 2 aromatic rings. The Bertz CT molecular complexity index is 813. The molecule has 0 aliphatic heterocycles. The highest BCUT2D eigenvalue weighted by Crippen LogP contribution is 2.39. The van der Waals surface area contributed by atoms with Crippen molar-refractivity contribution >= 4 is 14.6 Å². The summed E-state index contributed by atoms with van der Waals surface area (Å²) in [5.74, 6) is 0.699. The van der Waals surface area contributed by atoms with Crippen molar-refractivity contribution in [1.29, 1.82) is 0 Å². The van der Waals surface area contributed by atoms with Gasteiger partial charge < -0.3 is 4.43 Å². The molecule has 0 bridgehead atoms. The highest BCUT2D eigenvalue weighted by Gasteiger charge is 2.39. The topological polar surface area (TPSA) is 26.3 Å². The molecule has 0 saturated heterocycles. The minimum absolute atomic E-state index is 0.0892. The van der Waals surface area contributed by atoms with Crippen LogP contribution in [0.4, 0.5) is 0 Å². The molecule has 2 rings (SSSR count). The fourth-order valence-electron chi connectivity index (χ4n) is 2.66. The Morgan fingerprint density at radius 1 is 0.963 bits per heavy atom. The molecule has 0 heterocycles. The van der Waals surface area contributed by atoms with Crippen molar-refractivity contribution < 1.29 is 9.22 Å². The quantitative estimate of drug-likeness (QED) is 0.389. The normalized spacial score (nSPS) is 12.7. The first kappa shape index (κ1) is 21.4. The van der Waals surface area contributed by atoms with E-state index < -0.39 is 8.32 Å². The van der Waals surface area contributed by atoms with E-state index in [0.29, 0.717) is 11.3 Å². The Morgan fingerprint density at radius 3 is 2.15 bits per heavy atom. The summed E-state index contributed by atoms with van der Waals surface area (Å²) in [4.78, 5) is 11.8. The monoisotopic (exact) mass is 382 g/mol. The summed E-state index contributed by atoms with van der Waals surface area (Å²) in [6.07, 6.45) is 1.99. The van der Waals surface area contributed by atoms with Crippen LogP contribution in [0.2, 0.25) is 18.1 Å². The summed E-state index contributed by atoms with van der Waals surface area (Å²) < 4.78 is 6.38. The second-order valence-corrected chi connectivity index (χ2v) is 14.3. The van der Waals surface area contributed by atoms with Crippen LogP contribution < -0.4 is 4.43 Å². The first-order chi connectivity index (χ1) is 12.4. The average Bonchev–Trinajstić information content (AvgIpc) is 2.61. The van der Waals surface area contributed by atoms with Gasteiger partial charge in [-0.05, 0) is 58.8 Å². The minimum atomic E-state index is -1.99. The van der Waals surface area contributed by atoms with Gasteiger partial charge in [-0.3, -0.25) is 4.79 Å². The molecule has 0 aliphatic rings. The zero-order valence-electron chi connectivity index (χ0n) is 18.1. The third-order valence-electron chi connectivity index (χ3n) is 6.17. The molecular formula is C24H34O2Si. The van der Waals surface area contributed by atoms with E-state index in [1.54, 1.807) is 0 Å². The number of hydrogen-bond donors (Lipinski definition) is 0. The molecule has 0 atom stereocenters. The van der Waals surface area contributed by atoms with Gasteiger partial charge in [-0.1, -0.05) is 71.9 Å². The number of aldehydes is 1. The number of benzene rings is 2. The fourth-order valence-corrected chi connectivity index (χ4v) is 3.71. The van der Waals surface area contributed by atoms with Crippen molar-refractivity contribution in [1.82, 2.24) is 0 Å². The molecule has 0 radical (unpaired) electrons. The first-order valence-corrected chi connectivity index (χ1v) is 12.7. The highest BCUT2D eigenvalue weighted by molar-refractivity contribution is 6.74. The summed E-state index contributed by atoms with van der Waals surface area (Å²) in [5.41, 5.74) is 4.26. The molecule has 0 aromatic heterocycles. The van der Waals surface area contributed by atoms with Crippen molar-refractivity contribution in [2.75, 3.05) is 0 Å². The van der Waals surface area contributed by atoms with E-state index >= 15 is 0 Å². The predicted molar refractivity (Wildman–Crippen MR) is 118 cm³/mol. The van der Waals surface area contributed by atoms with E-state index in [1.165, 1.54) is 5.56 Å². The molecule has 0 N–H and O–H groups in total. The number of carbonyl (C=O) groups excluding carboxylic acids is 1. The predicted octanol–water partition coefficient (Wildman–Crippen LogP) is 7.24. The Labute approximate surface area is 166 Å².